The maximum atomic E-state index is 14.6. The molecule has 0 spiro atoms. The Hall–Kier alpha value is -2.42. The number of nitrogens with one attached hydrogen (secondary N) is 1. The topological polar surface area (TPSA) is 78.7 Å². The van der Waals surface area contributed by atoms with Crippen molar-refractivity contribution in [1.29, 1.82) is 0 Å². The van der Waals surface area contributed by atoms with Crippen molar-refractivity contribution >= 4 is 22.7 Å². The number of fused-ring (bicyclic) bond motifs is 1. The van der Waals surface area contributed by atoms with Crippen LogP contribution in [-0.4, -0.2) is 34.7 Å². The van der Waals surface area contributed by atoms with E-state index in [0.717, 1.165) is 18.9 Å². The third kappa shape index (κ3) is 4.08. The Bertz CT molecular complexity index is 1120. The number of likely N-dealkylation sites (tertiary alicyclic amines) is 1. The number of aromatic amines is 1. The Morgan fingerprint density at radius 3 is 2.73 bits per heavy atom. The first kappa shape index (κ1) is 20.8. The summed E-state index contributed by atoms with van der Waals surface area (Å²) in [5.41, 5.74) is -1.05. The highest BCUT2D eigenvalue weighted by Crippen LogP contribution is 2.34. The number of aliphatic hydroxyl groups is 1. The third-order valence-corrected chi connectivity index (χ3v) is 5.91. The maximum absolute atomic E-state index is 14.6. The molecule has 1 aromatic heterocycles. The minimum absolute atomic E-state index is 0.0693. The zero-order valence-corrected chi connectivity index (χ0v) is 17.0. The van der Waals surface area contributed by atoms with Gasteiger partial charge >= 0.3 is 5.76 Å². The van der Waals surface area contributed by atoms with Gasteiger partial charge in [-0.05, 0) is 49.9 Å². The number of piperidine rings is 1. The minimum atomic E-state index is -1.56. The van der Waals surface area contributed by atoms with Crippen molar-refractivity contribution in [3.8, 4) is 5.75 Å². The normalized spacial score (nSPS) is 17.9. The number of ether oxygens (including phenoxy) is 1. The van der Waals surface area contributed by atoms with Crippen LogP contribution in [0.2, 0.25) is 5.02 Å². The van der Waals surface area contributed by atoms with Crippen molar-refractivity contribution in [3.63, 3.8) is 0 Å². The smallest absolute Gasteiger partial charge is 0.417 e. The fraction of sp³-hybridized carbons (Fsp3) is 0.381. The summed E-state index contributed by atoms with van der Waals surface area (Å²) in [6.07, 6.45) is 1.45. The van der Waals surface area contributed by atoms with Gasteiger partial charge in [0.1, 0.15) is 23.1 Å². The summed E-state index contributed by atoms with van der Waals surface area (Å²) in [6.45, 7) is 3.00. The van der Waals surface area contributed by atoms with Crippen molar-refractivity contribution < 1.29 is 23.0 Å². The van der Waals surface area contributed by atoms with Crippen LogP contribution in [0.5, 0.6) is 5.75 Å². The Labute approximate surface area is 176 Å². The standard InChI is InChI=1S/C21H21ClF2N2O4/c1-21(28,14-9-17-19(10-16(14)24)30-20(27)25-17)26-6-4-12(5-7-26)11-29-18-3-2-13(23)8-15(18)22/h2-3,8-10,12,28H,4-7,11H2,1H3,(H,25,27). The van der Waals surface area contributed by atoms with E-state index in [1.807, 2.05) is 0 Å². The molecule has 0 amide bonds. The largest absolute Gasteiger partial charge is 0.492 e. The first-order valence-electron chi connectivity index (χ1n) is 9.62. The Morgan fingerprint density at radius 2 is 2.03 bits per heavy atom. The highest BCUT2D eigenvalue weighted by Gasteiger charge is 2.36. The van der Waals surface area contributed by atoms with Crippen LogP contribution < -0.4 is 10.5 Å². The molecular weight excluding hydrogens is 418 g/mol. The zero-order chi connectivity index (χ0) is 21.5. The molecule has 0 bridgehead atoms. The van der Waals surface area contributed by atoms with Crippen LogP contribution in [0.1, 0.15) is 25.3 Å². The molecule has 1 saturated heterocycles. The lowest BCUT2D eigenvalue weighted by Crippen LogP contribution is -2.49. The van der Waals surface area contributed by atoms with Gasteiger partial charge in [0, 0.05) is 24.7 Å². The first-order valence-corrected chi connectivity index (χ1v) is 10.00. The molecule has 2 heterocycles. The summed E-state index contributed by atoms with van der Waals surface area (Å²) >= 11 is 5.99. The van der Waals surface area contributed by atoms with Crippen molar-refractivity contribution in [3.05, 3.63) is 63.1 Å². The Balaban J connectivity index is 1.41. The number of aromatic nitrogens is 1. The number of oxazole rings is 1. The monoisotopic (exact) mass is 438 g/mol. The summed E-state index contributed by atoms with van der Waals surface area (Å²) in [5, 5.41) is 11.3. The van der Waals surface area contributed by atoms with Gasteiger partial charge in [0.15, 0.2) is 5.58 Å². The van der Waals surface area contributed by atoms with Crippen molar-refractivity contribution in [1.82, 2.24) is 9.88 Å². The van der Waals surface area contributed by atoms with Gasteiger partial charge < -0.3 is 14.3 Å². The molecule has 4 rings (SSSR count). The molecule has 3 aromatic rings. The SMILES string of the molecule is CC(O)(c1cc2[nH]c(=O)oc2cc1F)N1CCC(COc2ccc(F)cc2Cl)CC1. The highest BCUT2D eigenvalue weighted by atomic mass is 35.5. The fourth-order valence-electron chi connectivity index (χ4n) is 3.84. The Morgan fingerprint density at radius 1 is 1.30 bits per heavy atom. The van der Waals surface area contributed by atoms with Crippen LogP contribution >= 0.6 is 11.6 Å². The lowest BCUT2D eigenvalue weighted by molar-refractivity contribution is -0.117. The van der Waals surface area contributed by atoms with Crippen LogP contribution in [0.25, 0.3) is 11.1 Å². The minimum Gasteiger partial charge on any atom is -0.492 e. The van der Waals surface area contributed by atoms with Crippen LogP contribution in [-0.2, 0) is 5.72 Å². The van der Waals surface area contributed by atoms with Crippen molar-refractivity contribution in [2.75, 3.05) is 19.7 Å². The fourth-order valence-corrected chi connectivity index (χ4v) is 4.06. The summed E-state index contributed by atoms with van der Waals surface area (Å²) < 4.78 is 38.3. The second-order valence-electron chi connectivity index (χ2n) is 7.68. The van der Waals surface area contributed by atoms with Gasteiger partial charge in [-0.1, -0.05) is 11.6 Å². The van der Waals surface area contributed by atoms with Crippen LogP contribution in [0.3, 0.4) is 0 Å². The summed E-state index contributed by atoms with van der Waals surface area (Å²) in [6, 6.07) is 6.50. The quantitative estimate of drug-likeness (QED) is 0.629. The van der Waals surface area contributed by atoms with E-state index >= 15 is 0 Å². The molecule has 0 radical (unpaired) electrons. The van der Waals surface area contributed by atoms with Crippen LogP contribution in [0, 0.1) is 17.6 Å². The van der Waals surface area contributed by atoms with E-state index in [2.05, 4.69) is 4.98 Å². The second-order valence-corrected chi connectivity index (χ2v) is 8.09. The summed E-state index contributed by atoms with van der Waals surface area (Å²) in [5.74, 6) is -1.10. The van der Waals surface area contributed by atoms with Crippen LogP contribution in [0.4, 0.5) is 8.78 Å². The van der Waals surface area contributed by atoms with E-state index in [1.165, 1.54) is 31.2 Å². The average molecular weight is 439 g/mol. The predicted octanol–water partition coefficient (Wildman–Crippen LogP) is 4.01. The maximum Gasteiger partial charge on any atom is 0.417 e. The van der Waals surface area contributed by atoms with Gasteiger partial charge in [0.05, 0.1) is 17.1 Å². The van der Waals surface area contributed by atoms with Crippen LogP contribution in [0.15, 0.2) is 39.5 Å². The molecule has 1 aliphatic rings. The lowest BCUT2D eigenvalue weighted by atomic mass is 9.93. The number of halogens is 3. The molecule has 9 heteroatoms. The number of nitrogens with zero attached hydrogens (tertiary/aromatic N) is 1. The van der Waals surface area contributed by atoms with Gasteiger partial charge in [-0.25, -0.2) is 13.6 Å². The third-order valence-electron chi connectivity index (χ3n) is 5.62. The molecule has 1 atom stereocenters. The zero-order valence-electron chi connectivity index (χ0n) is 16.3. The molecule has 0 aliphatic carbocycles. The first-order chi connectivity index (χ1) is 14.2. The van der Waals surface area contributed by atoms with E-state index in [1.54, 1.807) is 4.90 Å². The second kappa shape index (κ2) is 8.02. The number of benzene rings is 2. The molecule has 2 N–H and O–H groups in total. The highest BCUT2D eigenvalue weighted by molar-refractivity contribution is 6.32. The summed E-state index contributed by atoms with van der Waals surface area (Å²) in [4.78, 5) is 15.6. The Kier molecular flexibility index (Phi) is 5.57. The molecule has 1 aliphatic heterocycles. The molecule has 0 saturated carbocycles. The molecule has 6 nitrogen and oxygen atoms in total. The molecule has 30 heavy (non-hydrogen) atoms. The van der Waals surface area contributed by atoms with Gasteiger partial charge in [0.25, 0.3) is 0 Å². The predicted molar refractivity (Wildman–Crippen MR) is 108 cm³/mol. The number of rotatable bonds is 5. The molecule has 160 valence electrons. The van der Waals surface area contributed by atoms with E-state index in [4.69, 9.17) is 20.8 Å². The number of hydrogen-bond acceptors (Lipinski definition) is 5. The van der Waals surface area contributed by atoms with Crippen molar-refractivity contribution in [2.45, 2.75) is 25.5 Å². The lowest BCUT2D eigenvalue weighted by Gasteiger charge is -2.41. The van der Waals surface area contributed by atoms with Gasteiger partial charge in [-0.2, -0.15) is 0 Å². The summed E-state index contributed by atoms with van der Waals surface area (Å²) in [7, 11) is 0. The van der Waals surface area contributed by atoms with E-state index in [0.29, 0.717) is 31.0 Å². The molecule has 2 aromatic carbocycles. The molecular formula is C21H21ClF2N2O4. The van der Waals surface area contributed by atoms with Crippen molar-refractivity contribution in [2.24, 2.45) is 5.92 Å². The van der Waals surface area contributed by atoms with E-state index in [-0.39, 0.29) is 22.1 Å². The molecule has 1 unspecified atom stereocenters. The van der Waals surface area contributed by atoms with Gasteiger partial charge in [0.2, 0.25) is 0 Å². The average Bonchev–Trinajstić information content (AvgIpc) is 3.06. The number of H-pyrrole nitrogens is 1. The molecule has 1 fully saturated rings. The van der Waals surface area contributed by atoms with E-state index in [9.17, 15) is 18.7 Å². The van der Waals surface area contributed by atoms with Gasteiger partial charge in [-0.3, -0.25) is 9.88 Å². The number of hydrogen-bond donors (Lipinski definition) is 2. The van der Waals surface area contributed by atoms with Gasteiger partial charge in [-0.15, -0.1) is 0 Å². The van der Waals surface area contributed by atoms with E-state index < -0.39 is 23.1 Å².